The highest BCUT2D eigenvalue weighted by Crippen LogP contribution is 2.16. The Labute approximate surface area is 133 Å². The van der Waals surface area contributed by atoms with E-state index in [0.29, 0.717) is 5.56 Å². The second kappa shape index (κ2) is 7.66. The summed E-state index contributed by atoms with van der Waals surface area (Å²) in [6.45, 7) is 0. The molecule has 4 nitrogen and oxygen atoms in total. The number of thioether (sulfide) groups is 1. The largest absolute Gasteiger partial charge is 0.480 e. The third-order valence-corrected chi connectivity index (χ3v) is 3.94. The van der Waals surface area contributed by atoms with Crippen molar-refractivity contribution in [3.8, 4) is 0 Å². The van der Waals surface area contributed by atoms with Gasteiger partial charge in [0.25, 0.3) is 5.91 Å². The number of carboxylic acids is 1. The molecule has 1 unspecified atom stereocenters. The van der Waals surface area contributed by atoms with E-state index in [4.69, 9.17) is 0 Å². The van der Waals surface area contributed by atoms with Crippen LogP contribution < -0.4 is 5.32 Å². The number of aliphatic carboxylic acids is 1. The van der Waals surface area contributed by atoms with Gasteiger partial charge in [0.2, 0.25) is 0 Å². The third-order valence-electron chi connectivity index (χ3n) is 3.22. The highest BCUT2D eigenvalue weighted by atomic mass is 32.2. The maximum atomic E-state index is 12.2. The van der Waals surface area contributed by atoms with Crippen LogP contribution in [0.4, 0.5) is 0 Å². The van der Waals surface area contributed by atoms with Crippen molar-refractivity contribution in [2.75, 3.05) is 6.26 Å². The maximum Gasteiger partial charge on any atom is 0.326 e. The van der Waals surface area contributed by atoms with Crippen LogP contribution in [0.3, 0.4) is 0 Å². The number of amides is 1. The van der Waals surface area contributed by atoms with Crippen LogP contribution in [0.25, 0.3) is 0 Å². The Hall–Kier alpha value is -2.27. The van der Waals surface area contributed by atoms with Crippen LogP contribution in [0, 0.1) is 0 Å². The number of hydrogen-bond donors (Lipinski definition) is 2. The van der Waals surface area contributed by atoms with Gasteiger partial charge in [-0.2, -0.15) is 0 Å². The average molecular weight is 315 g/mol. The minimum absolute atomic E-state index is 0.254. The van der Waals surface area contributed by atoms with Crippen LogP contribution in [0.2, 0.25) is 0 Å². The first-order chi connectivity index (χ1) is 10.6. The van der Waals surface area contributed by atoms with E-state index in [1.807, 2.05) is 42.7 Å². The van der Waals surface area contributed by atoms with Crippen molar-refractivity contribution in [2.45, 2.75) is 17.4 Å². The summed E-state index contributed by atoms with van der Waals surface area (Å²) in [5.41, 5.74) is 1.33. The van der Waals surface area contributed by atoms with Gasteiger partial charge in [-0.3, -0.25) is 4.79 Å². The first-order valence-corrected chi connectivity index (χ1v) is 8.04. The standard InChI is InChI=1S/C17H17NO3S/c1-22-14-9-5-8-13(11-14)16(19)18-15(17(20)21)10-12-6-3-2-4-7-12/h2-9,11,15H,10H2,1H3,(H,18,19)(H,20,21). The first-order valence-electron chi connectivity index (χ1n) is 6.82. The second-order valence-electron chi connectivity index (χ2n) is 4.79. The molecule has 0 heterocycles. The zero-order chi connectivity index (χ0) is 15.9. The predicted molar refractivity (Wildman–Crippen MR) is 87.3 cm³/mol. The fraction of sp³-hybridized carbons (Fsp3) is 0.176. The van der Waals surface area contributed by atoms with Gasteiger partial charge in [0.1, 0.15) is 6.04 Å². The molecule has 0 aliphatic heterocycles. The first kappa shape index (κ1) is 16.1. The van der Waals surface area contributed by atoms with E-state index in [9.17, 15) is 14.7 Å². The smallest absolute Gasteiger partial charge is 0.326 e. The molecule has 2 rings (SSSR count). The Morgan fingerprint density at radius 2 is 1.86 bits per heavy atom. The zero-order valence-electron chi connectivity index (χ0n) is 12.2. The van der Waals surface area contributed by atoms with Crippen LogP contribution in [-0.4, -0.2) is 29.3 Å². The second-order valence-corrected chi connectivity index (χ2v) is 5.67. The molecule has 0 aliphatic rings. The van der Waals surface area contributed by atoms with Crippen LogP contribution in [-0.2, 0) is 11.2 Å². The minimum atomic E-state index is -1.04. The van der Waals surface area contributed by atoms with Gasteiger partial charge < -0.3 is 10.4 Å². The highest BCUT2D eigenvalue weighted by molar-refractivity contribution is 7.98. The maximum absolute atomic E-state index is 12.2. The van der Waals surface area contributed by atoms with Crippen LogP contribution >= 0.6 is 11.8 Å². The molecule has 0 saturated heterocycles. The summed E-state index contributed by atoms with van der Waals surface area (Å²) in [6, 6.07) is 15.4. The Kier molecular flexibility index (Phi) is 5.61. The van der Waals surface area contributed by atoms with Crippen LogP contribution in [0.15, 0.2) is 59.5 Å². The fourth-order valence-electron chi connectivity index (χ4n) is 2.06. The van der Waals surface area contributed by atoms with Crippen molar-refractivity contribution in [1.29, 1.82) is 0 Å². The highest BCUT2D eigenvalue weighted by Gasteiger charge is 2.21. The van der Waals surface area contributed by atoms with Gasteiger partial charge in [-0.1, -0.05) is 36.4 Å². The molecule has 1 atom stereocenters. The van der Waals surface area contributed by atoms with Crippen molar-refractivity contribution in [2.24, 2.45) is 0 Å². The lowest BCUT2D eigenvalue weighted by molar-refractivity contribution is -0.139. The van der Waals surface area contributed by atoms with Crippen molar-refractivity contribution >= 4 is 23.6 Å². The van der Waals surface area contributed by atoms with Crippen molar-refractivity contribution in [1.82, 2.24) is 5.32 Å². The molecule has 0 spiro atoms. The van der Waals surface area contributed by atoms with Gasteiger partial charge in [0.15, 0.2) is 0 Å². The molecule has 22 heavy (non-hydrogen) atoms. The zero-order valence-corrected chi connectivity index (χ0v) is 13.0. The summed E-state index contributed by atoms with van der Waals surface area (Å²) in [6.07, 6.45) is 2.18. The number of carbonyl (C=O) groups excluding carboxylic acids is 1. The fourth-order valence-corrected chi connectivity index (χ4v) is 2.52. The van der Waals surface area contributed by atoms with E-state index >= 15 is 0 Å². The number of rotatable bonds is 6. The molecule has 0 radical (unpaired) electrons. The molecule has 1 amide bonds. The van der Waals surface area contributed by atoms with Gasteiger partial charge in [0.05, 0.1) is 0 Å². The molecular formula is C17H17NO3S. The molecule has 2 aromatic carbocycles. The Morgan fingerprint density at radius 1 is 1.14 bits per heavy atom. The Morgan fingerprint density at radius 3 is 2.50 bits per heavy atom. The third kappa shape index (κ3) is 4.36. The van der Waals surface area contributed by atoms with Gasteiger partial charge >= 0.3 is 5.97 Å². The van der Waals surface area contributed by atoms with Crippen molar-refractivity contribution in [3.05, 3.63) is 65.7 Å². The lowest BCUT2D eigenvalue weighted by Gasteiger charge is -2.15. The van der Waals surface area contributed by atoms with Gasteiger partial charge in [-0.05, 0) is 30.0 Å². The summed E-state index contributed by atoms with van der Waals surface area (Å²) in [4.78, 5) is 24.6. The molecule has 0 saturated carbocycles. The monoisotopic (exact) mass is 315 g/mol. The summed E-state index contributed by atoms with van der Waals surface area (Å²) in [5.74, 6) is -1.42. The molecule has 0 aromatic heterocycles. The summed E-state index contributed by atoms with van der Waals surface area (Å²) in [7, 11) is 0. The molecule has 0 fully saturated rings. The molecule has 0 aliphatic carbocycles. The van der Waals surface area contributed by atoms with E-state index in [2.05, 4.69) is 5.32 Å². The summed E-state index contributed by atoms with van der Waals surface area (Å²) >= 11 is 1.53. The predicted octanol–water partition coefficient (Wildman–Crippen LogP) is 2.83. The van der Waals surface area contributed by atoms with Crippen molar-refractivity contribution in [3.63, 3.8) is 0 Å². The molecule has 5 heteroatoms. The summed E-state index contributed by atoms with van der Waals surface area (Å²) < 4.78 is 0. The normalized spacial score (nSPS) is 11.7. The molecule has 2 aromatic rings. The number of carboxylic acid groups (broad SMARTS) is 1. The molecule has 2 N–H and O–H groups in total. The van der Waals surface area contributed by atoms with E-state index in [0.717, 1.165) is 10.5 Å². The lowest BCUT2D eigenvalue weighted by Crippen LogP contribution is -2.42. The number of hydrogen-bond acceptors (Lipinski definition) is 3. The van der Waals surface area contributed by atoms with Crippen LogP contribution in [0.1, 0.15) is 15.9 Å². The number of benzene rings is 2. The Bertz CT molecular complexity index is 658. The van der Waals surface area contributed by atoms with Gasteiger partial charge in [0, 0.05) is 16.9 Å². The minimum Gasteiger partial charge on any atom is -0.480 e. The van der Waals surface area contributed by atoms with Crippen molar-refractivity contribution < 1.29 is 14.7 Å². The topological polar surface area (TPSA) is 66.4 Å². The van der Waals surface area contributed by atoms with Gasteiger partial charge in [-0.15, -0.1) is 11.8 Å². The van der Waals surface area contributed by atoms with Crippen LogP contribution in [0.5, 0.6) is 0 Å². The molecule has 114 valence electrons. The average Bonchev–Trinajstić information content (AvgIpc) is 2.55. The SMILES string of the molecule is CSc1cccc(C(=O)NC(Cc2ccccc2)C(=O)O)c1. The number of nitrogens with one attached hydrogen (secondary N) is 1. The van der Waals surface area contributed by atoms with E-state index in [1.54, 1.807) is 18.2 Å². The Balaban J connectivity index is 2.10. The van der Waals surface area contributed by atoms with E-state index in [-0.39, 0.29) is 12.3 Å². The van der Waals surface area contributed by atoms with E-state index < -0.39 is 12.0 Å². The van der Waals surface area contributed by atoms with E-state index in [1.165, 1.54) is 11.8 Å². The summed E-state index contributed by atoms with van der Waals surface area (Å²) in [5, 5.41) is 11.9. The lowest BCUT2D eigenvalue weighted by atomic mass is 10.1. The quantitative estimate of drug-likeness (QED) is 0.805. The van der Waals surface area contributed by atoms with Gasteiger partial charge in [-0.25, -0.2) is 4.79 Å². The molecular weight excluding hydrogens is 298 g/mol. The molecule has 0 bridgehead atoms. The number of carbonyl (C=O) groups is 2.